The van der Waals surface area contributed by atoms with Crippen LogP contribution in [0.4, 0.5) is 0 Å². The molecule has 2 saturated heterocycles. The molecule has 5 aromatic rings. The van der Waals surface area contributed by atoms with E-state index in [-0.39, 0.29) is 32.1 Å². The average Bonchev–Trinajstić information content (AvgIpc) is 3.95. The van der Waals surface area contributed by atoms with Crippen LogP contribution in [0.2, 0.25) is 0 Å². The second kappa shape index (κ2) is 17.5. The minimum absolute atomic E-state index is 0.0931. The van der Waals surface area contributed by atoms with Crippen molar-refractivity contribution in [1.82, 2.24) is 28.4 Å². The first-order chi connectivity index (χ1) is 27.4. The number of halogens is 1. The molecule has 0 atom stereocenters. The molecule has 2 aromatic carbocycles. The Morgan fingerprint density at radius 2 is 1.21 bits per heavy atom. The first-order valence-corrected chi connectivity index (χ1v) is 23.9. The van der Waals surface area contributed by atoms with Gasteiger partial charge in [0.2, 0.25) is 0 Å². The number of hydrogen-bond donors (Lipinski definition) is 1. The number of aromatic nitrogens is 5. The number of carbonyl (C=O) groups excluding carboxylic acids is 1. The van der Waals surface area contributed by atoms with Crippen molar-refractivity contribution in [2.24, 2.45) is 11.8 Å². The lowest BCUT2D eigenvalue weighted by atomic mass is 9.89. The van der Waals surface area contributed by atoms with Crippen molar-refractivity contribution in [2.45, 2.75) is 114 Å². The van der Waals surface area contributed by atoms with E-state index in [1.165, 1.54) is 25.5 Å². The molecular formula is C42H57ClN6O7S2. The van der Waals surface area contributed by atoms with E-state index in [4.69, 9.17) is 30.1 Å². The number of rotatable bonds is 12. The van der Waals surface area contributed by atoms with E-state index in [1.807, 2.05) is 12.1 Å². The smallest absolute Gasteiger partial charge is 0.267 e. The molecule has 5 heterocycles. The molecule has 0 unspecified atom stereocenters. The summed E-state index contributed by atoms with van der Waals surface area (Å²) in [6.45, 7) is 17.9. The quantitative estimate of drug-likeness (QED) is 0.125. The van der Waals surface area contributed by atoms with Gasteiger partial charge in [-0.1, -0.05) is 41.5 Å². The van der Waals surface area contributed by atoms with Crippen LogP contribution in [-0.2, 0) is 52.5 Å². The van der Waals surface area contributed by atoms with Crippen molar-refractivity contribution < 1.29 is 31.1 Å². The predicted octanol–water partition coefficient (Wildman–Crippen LogP) is 7.63. The SMILES string of the molecule is CCC(C)(C)c1nc2cc(S(=O)(=O)Cl)ccc2n1CC1CCOCC1.CCC(C)(C)c1nc2cc(S(=O)(=O)n3ccc(C(=O)NC)c3)ccc2n1CC1CCOCC1. The third kappa shape index (κ3) is 9.33. The third-order valence-corrected chi connectivity index (χ3v) is 15.0. The molecule has 2 aliphatic rings. The van der Waals surface area contributed by atoms with E-state index in [0.29, 0.717) is 22.9 Å². The fourth-order valence-electron chi connectivity index (χ4n) is 7.55. The lowest BCUT2D eigenvalue weighted by Crippen LogP contribution is -2.26. The van der Waals surface area contributed by atoms with Crippen LogP contribution in [0.5, 0.6) is 0 Å². The first kappa shape index (κ1) is 43.8. The van der Waals surface area contributed by atoms with E-state index in [9.17, 15) is 21.6 Å². The van der Waals surface area contributed by atoms with Gasteiger partial charge in [-0.15, -0.1) is 0 Å². The average molecular weight is 858 g/mol. The second-order valence-corrected chi connectivity index (χ2v) is 21.1. The Morgan fingerprint density at radius 1 is 0.759 bits per heavy atom. The number of benzene rings is 2. The molecule has 1 amide bonds. The maximum absolute atomic E-state index is 13.2. The Bertz CT molecular complexity index is 2470. The zero-order valence-corrected chi connectivity index (χ0v) is 37.0. The number of ether oxygens (including phenoxy) is 2. The molecule has 2 fully saturated rings. The summed E-state index contributed by atoms with van der Waals surface area (Å²) in [5.41, 5.74) is 3.30. The lowest BCUT2D eigenvalue weighted by Gasteiger charge is -2.28. The van der Waals surface area contributed by atoms with Gasteiger partial charge >= 0.3 is 0 Å². The molecule has 7 rings (SSSR count). The first-order valence-electron chi connectivity index (χ1n) is 20.2. The summed E-state index contributed by atoms with van der Waals surface area (Å²) in [7, 11) is -0.602. The topological polar surface area (TPSA) is 156 Å². The monoisotopic (exact) mass is 856 g/mol. The van der Waals surface area contributed by atoms with Gasteiger partial charge in [-0.2, -0.15) is 0 Å². The van der Waals surface area contributed by atoms with Crippen molar-refractivity contribution in [3.05, 3.63) is 72.1 Å². The van der Waals surface area contributed by atoms with Gasteiger partial charge in [-0.3, -0.25) is 4.79 Å². The van der Waals surface area contributed by atoms with Gasteiger partial charge in [-0.05, 0) is 92.8 Å². The molecule has 3 aromatic heterocycles. The van der Waals surface area contributed by atoms with E-state index in [2.05, 4.69) is 56.0 Å². The van der Waals surface area contributed by atoms with Gasteiger partial charge in [0.15, 0.2) is 0 Å². The maximum atomic E-state index is 13.2. The molecule has 1 N–H and O–H groups in total. The zero-order chi connectivity index (χ0) is 42.0. The Kier molecular flexibility index (Phi) is 13.2. The minimum Gasteiger partial charge on any atom is -0.381 e. The van der Waals surface area contributed by atoms with Crippen molar-refractivity contribution in [3.8, 4) is 0 Å². The number of imidazole rings is 2. The van der Waals surface area contributed by atoms with E-state index < -0.39 is 19.1 Å². The number of fused-ring (bicyclic) bond motifs is 2. The normalized spacial score (nSPS) is 16.4. The minimum atomic E-state index is -3.85. The van der Waals surface area contributed by atoms with Gasteiger partial charge < -0.3 is 23.9 Å². The molecule has 0 aliphatic carbocycles. The maximum Gasteiger partial charge on any atom is 0.267 e. The van der Waals surface area contributed by atoms with Crippen LogP contribution in [0, 0.1) is 11.8 Å². The molecule has 0 saturated carbocycles. The fraction of sp³-hybridized carbons (Fsp3) is 0.548. The van der Waals surface area contributed by atoms with Crippen molar-refractivity contribution in [3.63, 3.8) is 0 Å². The molecule has 0 spiro atoms. The van der Waals surface area contributed by atoms with Gasteiger partial charge in [-0.25, -0.2) is 30.8 Å². The highest BCUT2D eigenvalue weighted by Crippen LogP contribution is 2.34. The molecular weight excluding hydrogens is 800 g/mol. The summed E-state index contributed by atoms with van der Waals surface area (Å²) < 4.78 is 66.4. The highest BCUT2D eigenvalue weighted by Gasteiger charge is 2.30. The summed E-state index contributed by atoms with van der Waals surface area (Å²) >= 11 is 0. The van der Waals surface area contributed by atoms with Crippen molar-refractivity contribution in [2.75, 3.05) is 33.5 Å². The zero-order valence-electron chi connectivity index (χ0n) is 34.6. The van der Waals surface area contributed by atoms with Crippen LogP contribution >= 0.6 is 10.7 Å². The molecule has 58 heavy (non-hydrogen) atoms. The van der Waals surface area contributed by atoms with Gasteiger partial charge in [0.05, 0.1) is 37.4 Å². The number of amides is 1. The second-order valence-electron chi connectivity index (χ2n) is 16.7. The Morgan fingerprint density at radius 3 is 1.64 bits per heavy atom. The summed E-state index contributed by atoms with van der Waals surface area (Å²) in [5.74, 6) is 2.70. The van der Waals surface area contributed by atoms with Gasteiger partial charge in [0, 0.05) is 80.5 Å². The van der Waals surface area contributed by atoms with Crippen molar-refractivity contribution in [1.29, 1.82) is 0 Å². The van der Waals surface area contributed by atoms with Gasteiger partial charge in [0.1, 0.15) is 11.6 Å². The van der Waals surface area contributed by atoms with E-state index in [0.717, 1.165) is 105 Å². The summed E-state index contributed by atoms with van der Waals surface area (Å²) in [6, 6.07) is 11.6. The largest absolute Gasteiger partial charge is 0.381 e. The van der Waals surface area contributed by atoms with Crippen LogP contribution in [0.3, 0.4) is 0 Å². The summed E-state index contributed by atoms with van der Waals surface area (Å²) in [6.07, 6.45) is 8.69. The summed E-state index contributed by atoms with van der Waals surface area (Å²) in [5, 5.41) is 2.50. The number of carbonyl (C=O) groups is 1. The van der Waals surface area contributed by atoms with Crippen LogP contribution < -0.4 is 5.32 Å². The lowest BCUT2D eigenvalue weighted by molar-refractivity contribution is 0.0609. The Hall–Kier alpha value is -3.76. The molecule has 13 nitrogen and oxygen atoms in total. The number of hydrogen-bond acceptors (Lipinski definition) is 9. The number of nitrogens with one attached hydrogen (secondary N) is 1. The van der Waals surface area contributed by atoms with Crippen LogP contribution in [0.15, 0.2) is 64.6 Å². The molecule has 316 valence electrons. The van der Waals surface area contributed by atoms with Crippen LogP contribution in [0.25, 0.3) is 22.1 Å². The fourth-order valence-corrected chi connectivity index (χ4v) is 9.54. The van der Waals surface area contributed by atoms with E-state index >= 15 is 0 Å². The molecule has 0 bridgehead atoms. The van der Waals surface area contributed by atoms with Crippen LogP contribution in [-0.4, -0.2) is 79.3 Å². The van der Waals surface area contributed by atoms with Gasteiger partial charge in [0.25, 0.3) is 25.0 Å². The summed E-state index contributed by atoms with van der Waals surface area (Å²) in [4.78, 5) is 21.8. The van der Waals surface area contributed by atoms with Crippen LogP contribution in [0.1, 0.15) is 102 Å². The Balaban J connectivity index is 0.000000203. The molecule has 2 aliphatic heterocycles. The molecule has 0 radical (unpaired) electrons. The third-order valence-electron chi connectivity index (χ3n) is 12.0. The van der Waals surface area contributed by atoms with Crippen molar-refractivity contribution >= 4 is 57.7 Å². The number of nitrogens with zero attached hydrogens (tertiary/aromatic N) is 5. The Labute approximate surface area is 346 Å². The highest BCUT2D eigenvalue weighted by atomic mass is 35.7. The predicted molar refractivity (Wildman–Crippen MR) is 227 cm³/mol. The highest BCUT2D eigenvalue weighted by molar-refractivity contribution is 8.13. The van der Waals surface area contributed by atoms with E-state index in [1.54, 1.807) is 24.3 Å². The molecule has 16 heteroatoms. The standard InChI is InChI=1S/C24H32N4O4S.C18H25ClN2O3S/c1-5-24(2,3)23-26-20-14-19(33(30,31)27-11-8-18(16-27)22(29)25-4)6-7-21(20)28(23)15-17-9-12-32-13-10-17;1-4-18(2,3)17-20-15-11-14(25(19,22)23)5-6-16(15)21(17)12-13-7-9-24-10-8-13/h6-8,11,14,16-17H,5,9-10,12-13,15H2,1-4H3,(H,25,29);5-6,11,13H,4,7-10,12H2,1-3H3.